The summed E-state index contributed by atoms with van der Waals surface area (Å²) in [5.41, 5.74) is 0.461. The highest BCUT2D eigenvalue weighted by molar-refractivity contribution is 5.93. The Labute approximate surface area is 126 Å². The number of ether oxygens (including phenoxy) is 1. The highest BCUT2D eigenvalue weighted by Crippen LogP contribution is 2.20. The van der Waals surface area contributed by atoms with E-state index in [1.165, 1.54) is 6.39 Å². The average molecular weight is 295 g/mol. The van der Waals surface area contributed by atoms with Crippen LogP contribution in [0.4, 0.5) is 0 Å². The molecule has 1 atom stereocenters. The lowest BCUT2D eigenvalue weighted by atomic mass is 10.1. The molecule has 1 aliphatic rings. The summed E-state index contributed by atoms with van der Waals surface area (Å²) in [5.74, 6) is 0.816. The lowest BCUT2D eigenvalue weighted by Gasteiger charge is -2.37. The fourth-order valence-electron chi connectivity index (χ4n) is 2.69. The van der Waals surface area contributed by atoms with Crippen LogP contribution in [0.15, 0.2) is 10.8 Å². The Kier molecular flexibility index (Phi) is 5.36. The summed E-state index contributed by atoms with van der Waals surface area (Å²) in [5, 5.41) is 0. The summed E-state index contributed by atoms with van der Waals surface area (Å²) >= 11 is 0. The van der Waals surface area contributed by atoms with Gasteiger partial charge in [0.25, 0.3) is 5.91 Å². The van der Waals surface area contributed by atoms with Crippen LogP contribution in [0.5, 0.6) is 0 Å². The monoisotopic (exact) mass is 295 g/mol. The van der Waals surface area contributed by atoms with E-state index in [-0.39, 0.29) is 11.8 Å². The Morgan fingerprint density at radius 3 is 2.57 bits per heavy atom. The second-order valence-corrected chi connectivity index (χ2v) is 5.85. The number of methoxy groups -OCH3 is 1. The molecule has 0 saturated carbocycles. The van der Waals surface area contributed by atoms with Gasteiger partial charge in [0.2, 0.25) is 0 Å². The van der Waals surface area contributed by atoms with Crippen LogP contribution in [-0.2, 0) is 4.74 Å². The Hall–Kier alpha value is -1.40. The largest absolute Gasteiger partial charge is 0.447 e. The van der Waals surface area contributed by atoms with Crippen molar-refractivity contribution in [2.75, 3.05) is 39.9 Å². The molecule has 1 saturated heterocycles. The normalized spacial score (nSPS) is 18.2. The minimum atomic E-state index is -0.0218. The van der Waals surface area contributed by atoms with Crippen LogP contribution < -0.4 is 0 Å². The number of nitrogens with zero attached hydrogens (tertiary/aromatic N) is 3. The third-order valence-corrected chi connectivity index (χ3v) is 3.95. The van der Waals surface area contributed by atoms with E-state index in [9.17, 15) is 4.79 Å². The van der Waals surface area contributed by atoms with Gasteiger partial charge in [-0.3, -0.25) is 9.69 Å². The zero-order valence-electron chi connectivity index (χ0n) is 13.3. The summed E-state index contributed by atoms with van der Waals surface area (Å²) in [7, 11) is 1.72. The van der Waals surface area contributed by atoms with Gasteiger partial charge in [-0.25, -0.2) is 4.98 Å². The van der Waals surface area contributed by atoms with Crippen molar-refractivity contribution in [3.63, 3.8) is 0 Å². The van der Waals surface area contributed by atoms with E-state index >= 15 is 0 Å². The molecule has 1 aliphatic heterocycles. The molecule has 0 aromatic carbocycles. The van der Waals surface area contributed by atoms with E-state index in [1.807, 2.05) is 18.7 Å². The number of rotatable bonds is 5. The Morgan fingerprint density at radius 2 is 2.00 bits per heavy atom. The van der Waals surface area contributed by atoms with Crippen molar-refractivity contribution in [2.45, 2.75) is 32.7 Å². The molecule has 0 N–H and O–H groups in total. The topological polar surface area (TPSA) is 58.8 Å². The first-order valence-corrected chi connectivity index (χ1v) is 7.50. The van der Waals surface area contributed by atoms with Crippen LogP contribution in [-0.4, -0.2) is 66.6 Å². The molecule has 1 aromatic heterocycles. The van der Waals surface area contributed by atoms with E-state index in [0.717, 1.165) is 26.2 Å². The zero-order chi connectivity index (χ0) is 15.4. The quantitative estimate of drug-likeness (QED) is 0.825. The van der Waals surface area contributed by atoms with Gasteiger partial charge in [-0.2, -0.15) is 0 Å². The van der Waals surface area contributed by atoms with Gasteiger partial charge in [-0.15, -0.1) is 0 Å². The van der Waals surface area contributed by atoms with Crippen LogP contribution >= 0.6 is 0 Å². The number of carbonyl (C=O) groups is 1. The van der Waals surface area contributed by atoms with Crippen LogP contribution in [0.25, 0.3) is 0 Å². The van der Waals surface area contributed by atoms with Gasteiger partial charge in [0, 0.05) is 45.2 Å². The summed E-state index contributed by atoms with van der Waals surface area (Å²) in [4.78, 5) is 20.9. The van der Waals surface area contributed by atoms with Crippen LogP contribution in [0.1, 0.15) is 42.9 Å². The van der Waals surface area contributed by atoms with Gasteiger partial charge in [0.1, 0.15) is 5.76 Å². The minimum absolute atomic E-state index is 0.0218. The maximum absolute atomic E-state index is 12.5. The summed E-state index contributed by atoms with van der Waals surface area (Å²) in [6, 6.07) is 0.380. The molecular weight excluding hydrogens is 270 g/mol. The molecule has 2 rings (SSSR count). The first kappa shape index (κ1) is 16.0. The number of aromatic nitrogens is 1. The van der Waals surface area contributed by atoms with E-state index < -0.39 is 0 Å². The summed E-state index contributed by atoms with van der Waals surface area (Å²) in [6.45, 7) is 10.0. The molecule has 21 heavy (non-hydrogen) atoms. The number of hydrogen-bond donors (Lipinski definition) is 0. The number of amides is 1. The molecule has 1 aromatic rings. The second-order valence-electron chi connectivity index (χ2n) is 5.85. The predicted octanol–water partition coefficient (Wildman–Crippen LogP) is 1.59. The lowest BCUT2D eigenvalue weighted by Crippen LogP contribution is -2.52. The van der Waals surface area contributed by atoms with Crippen molar-refractivity contribution >= 4 is 5.91 Å². The highest BCUT2D eigenvalue weighted by Gasteiger charge is 2.28. The molecule has 6 heteroatoms. The molecule has 0 aliphatic carbocycles. The van der Waals surface area contributed by atoms with Crippen molar-refractivity contribution in [3.8, 4) is 0 Å². The van der Waals surface area contributed by atoms with E-state index in [1.54, 1.807) is 7.11 Å². The fraction of sp³-hybridized carbons (Fsp3) is 0.733. The van der Waals surface area contributed by atoms with Gasteiger partial charge >= 0.3 is 0 Å². The van der Waals surface area contributed by atoms with E-state index in [2.05, 4.69) is 16.8 Å². The van der Waals surface area contributed by atoms with Gasteiger partial charge in [-0.1, -0.05) is 13.8 Å². The first-order chi connectivity index (χ1) is 10.0. The van der Waals surface area contributed by atoms with Crippen LogP contribution in [0, 0.1) is 0 Å². The average Bonchev–Trinajstić information content (AvgIpc) is 2.96. The third-order valence-electron chi connectivity index (χ3n) is 3.95. The Morgan fingerprint density at radius 1 is 1.33 bits per heavy atom. The molecule has 1 fully saturated rings. The van der Waals surface area contributed by atoms with E-state index in [0.29, 0.717) is 24.1 Å². The summed E-state index contributed by atoms with van der Waals surface area (Å²) in [6.07, 6.45) is 1.36. The molecule has 0 spiro atoms. The Balaban J connectivity index is 1.96. The third kappa shape index (κ3) is 3.63. The van der Waals surface area contributed by atoms with Crippen molar-refractivity contribution < 1.29 is 13.9 Å². The molecule has 6 nitrogen and oxygen atoms in total. The predicted molar refractivity (Wildman–Crippen MR) is 79.4 cm³/mol. The standard InChI is InChI=1S/C15H25N3O3/c1-11(2)14-13(16-10-21-14)15(19)18-7-5-17(6-8-18)12(3)9-20-4/h10-12H,5-9H2,1-4H3/t12-/m1/s1. The molecule has 118 valence electrons. The van der Waals surface area contributed by atoms with Crippen LogP contribution in [0.2, 0.25) is 0 Å². The second kappa shape index (κ2) is 7.04. The maximum atomic E-state index is 12.5. The van der Waals surface area contributed by atoms with Crippen molar-refractivity contribution in [2.24, 2.45) is 0 Å². The van der Waals surface area contributed by atoms with Crippen LogP contribution in [0.3, 0.4) is 0 Å². The van der Waals surface area contributed by atoms with E-state index in [4.69, 9.17) is 9.15 Å². The molecule has 0 radical (unpaired) electrons. The Bertz CT molecular complexity index is 464. The molecule has 2 heterocycles. The number of piperazine rings is 1. The van der Waals surface area contributed by atoms with Gasteiger partial charge < -0.3 is 14.1 Å². The molecule has 0 unspecified atom stereocenters. The first-order valence-electron chi connectivity index (χ1n) is 7.50. The fourth-order valence-corrected chi connectivity index (χ4v) is 2.69. The van der Waals surface area contributed by atoms with Gasteiger partial charge in [0.05, 0.1) is 6.61 Å². The van der Waals surface area contributed by atoms with Crippen molar-refractivity contribution in [1.29, 1.82) is 0 Å². The molecule has 0 bridgehead atoms. The zero-order valence-corrected chi connectivity index (χ0v) is 13.3. The van der Waals surface area contributed by atoms with Crippen molar-refractivity contribution in [1.82, 2.24) is 14.8 Å². The molecule has 1 amide bonds. The highest BCUT2D eigenvalue weighted by atomic mass is 16.5. The smallest absolute Gasteiger partial charge is 0.276 e. The van der Waals surface area contributed by atoms with Crippen molar-refractivity contribution in [3.05, 3.63) is 17.8 Å². The number of oxazole rings is 1. The van der Waals surface area contributed by atoms with Gasteiger partial charge in [-0.05, 0) is 6.92 Å². The molecular formula is C15H25N3O3. The lowest BCUT2D eigenvalue weighted by molar-refractivity contribution is 0.0443. The maximum Gasteiger partial charge on any atom is 0.276 e. The summed E-state index contributed by atoms with van der Waals surface area (Å²) < 4.78 is 10.5. The SMILES string of the molecule is COC[C@@H](C)N1CCN(C(=O)c2ncoc2C(C)C)CC1. The minimum Gasteiger partial charge on any atom is -0.447 e. The van der Waals surface area contributed by atoms with Gasteiger partial charge in [0.15, 0.2) is 12.1 Å². The number of hydrogen-bond acceptors (Lipinski definition) is 5. The number of carbonyl (C=O) groups excluding carboxylic acids is 1.